The van der Waals surface area contributed by atoms with Gasteiger partial charge in [-0.3, -0.25) is 9.59 Å². The molecule has 1 saturated heterocycles. The van der Waals surface area contributed by atoms with Gasteiger partial charge in [-0.15, -0.1) is 0 Å². The van der Waals surface area contributed by atoms with Gasteiger partial charge >= 0.3 is 6.09 Å². The molecular weight excluding hydrogens is 592 g/mol. The molecule has 2 fully saturated rings. The van der Waals surface area contributed by atoms with Crippen molar-refractivity contribution in [1.82, 2.24) is 20.2 Å². The minimum Gasteiger partial charge on any atom is -0.453 e. The van der Waals surface area contributed by atoms with Crippen molar-refractivity contribution >= 4 is 28.6 Å². The van der Waals surface area contributed by atoms with Crippen molar-refractivity contribution in [3.63, 3.8) is 0 Å². The second-order valence-electron chi connectivity index (χ2n) is 14.2. The second-order valence-corrected chi connectivity index (χ2v) is 14.2. The molecule has 2 amide bonds. The lowest BCUT2D eigenvalue weighted by Gasteiger charge is -2.28. The molecule has 3 heterocycles. The highest BCUT2D eigenvalue weighted by molar-refractivity contribution is 5.88. The highest BCUT2D eigenvalue weighted by atomic mass is 16.5. The third-order valence-electron chi connectivity index (χ3n) is 10.9. The van der Waals surface area contributed by atoms with E-state index < -0.39 is 12.1 Å². The summed E-state index contributed by atoms with van der Waals surface area (Å²) in [6.07, 6.45) is 7.35. The van der Waals surface area contributed by atoms with Crippen LogP contribution in [0, 0.1) is 23.7 Å². The Kier molecular flexibility index (Phi) is 10.3. The van der Waals surface area contributed by atoms with E-state index in [4.69, 9.17) is 14.5 Å². The van der Waals surface area contributed by atoms with Crippen LogP contribution in [0.2, 0.25) is 0 Å². The first-order valence-corrected chi connectivity index (χ1v) is 17.6. The lowest BCUT2D eigenvalue weighted by Crippen LogP contribution is -2.48. The molecular formula is C38H50N4O5. The van der Waals surface area contributed by atoms with Crippen LogP contribution in [0.4, 0.5) is 4.79 Å². The second kappa shape index (κ2) is 14.6. The van der Waals surface area contributed by atoms with Crippen molar-refractivity contribution in [1.29, 1.82) is 0 Å². The van der Waals surface area contributed by atoms with E-state index in [1.54, 1.807) is 0 Å². The van der Waals surface area contributed by atoms with Gasteiger partial charge in [0.2, 0.25) is 5.91 Å². The zero-order chi connectivity index (χ0) is 33.1. The van der Waals surface area contributed by atoms with Gasteiger partial charge in [-0.05, 0) is 85.6 Å². The van der Waals surface area contributed by atoms with E-state index in [2.05, 4.69) is 67.5 Å². The number of carbonyl (C=O) groups is 3. The van der Waals surface area contributed by atoms with Crippen LogP contribution in [0.1, 0.15) is 95.3 Å². The number of benzene rings is 2. The minimum absolute atomic E-state index is 0.0956. The van der Waals surface area contributed by atoms with Gasteiger partial charge in [-0.1, -0.05) is 57.5 Å². The first kappa shape index (κ1) is 33.2. The Hall–Kier alpha value is -3.72. The van der Waals surface area contributed by atoms with Gasteiger partial charge in [0.05, 0.1) is 31.1 Å². The molecule has 2 aromatic carbocycles. The van der Waals surface area contributed by atoms with Crippen molar-refractivity contribution < 1.29 is 23.9 Å². The zero-order valence-electron chi connectivity index (χ0n) is 28.3. The number of nitrogens with zero attached hydrogens (tertiary/aromatic N) is 2. The number of hydrogen-bond donors (Lipinski definition) is 2. The Morgan fingerprint density at radius 2 is 1.83 bits per heavy atom. The number of Topliss-reactive ketones (excluding diaryl/α,β-unsaturated/α-hetero) is 1. The number of amides is 2. The third-order valence-corrected chi connectivity index (χ3v) is 10.9. The van der Waals surface area contributed by atoms with Crippen LogP contribution >= 0.6 is 0 Å². The number of methoxy groups -OCH3 is 1. The van der Waals surface area contributed by atoms with Gasteiger partial charge in [0.15, 0.2) is 0 Å². The SMILES string of the molecule is COC(=O)N[C@H]1CCCCOCc2[nH]c(nc2-c2ccc3cc(C[C@@H]4CCCC4C(=O)[C@@H](C)C(C)C)ccc3c2)[C@@H]2CCCN2C1=O. The largest absolute Gasteiger partial charge is 0.453 e. The summed E-state index contributed by atoms with van der Waals surface area (Å²) in [4.78, 5) is 49.5. The molecule has 0 spiro atoms. The van der Waals surface area contributed by atoms with Crippen molar-refractivity contribution in [2.75, 3.05) is 20.3 Å². The molecule has 47 heavy (non-hydrogen) atoms. The highest BCUT2D eigenvalue weighted by Crippen LogP contribution is 2.39. The number of ketones is 1. The quantitative estimate of drug-likeness (QED) is 0.283. The summed E-state index contributed by atoms with van der Waals surface area (Å²) >= 11 is 0. The monoisotopic (exact) mass is 642 g/mol. The molecule has 6 rings (SSSR count). The fourth-order valence-corrected chi connectivity index (χ4v) is 7.83. The fraction of sp³-hybridized carbons (Fsp3) is 0.579. The highest BCUT2D eigenvalue weighted by Gasteiger charge is 2.38. The van der Waals surface area contributed by atoms with Crippen LogP contribution in [-0.2, 0) is 32.1 Å². The van der Waals surface area contributed by atoms with Gasteiger partial charge in [-0.25, -0.2) is 9.78 Å². The van der Waals surface area contributed by atoms with E-state index in [1.807, 2.05) is 4.90 Å². The lowest BCUT2D eigenvalue weighted by molar-refractivity contribution is -0.134. The van der Waals surface area contributed by atoms with E-state index in [1.165, 1.54) is 18.1 Å². The summed E-state index contributed by atoms with van der Waals surface area (Å²) < 4.78 is 10.9. The Morgan fingerprint density at radius 1 is 1.02 bits per heavy atom. The van der Waals surface area contributed by atoms with Crippen molar-refractivity contribution in [3.8, 4) is 11.3 Å². The van der Waals surface area contributed by atoms with E-state index >= 15 is 0 Å². The molecule has 5 atom stereocenters. The molecule has 2 aliphatic heterocycles. The number of hydrogen-bond acceptors (Lipinski definition) is 6. The van der Waals surface area contributed by atoms with Crippen LogP contribution in [0.5, 0.6) is 0 Å². The minimum atomic E-state index is -0.647. The number of rotatable bonds is 7. The van der Waals surface area contributed by atoms with E-state index in [0.717, 1.165) is 79.5 Å². The molecule has 3 aromatic rings. The van der Waals surface area contributed by atoms with E-state index in [9.17, 15) is 14.4 Å². The molecule has 252 valence electrons. The van der Waals surface area contributed by atoms with Crippen LogP contribution in [0.25, 0.3) is 22.0 Å². The Morgan fingerprint density at radius 3 is 2.64 bits per heavy atom. The van der Waals surface area contributed by atoms with Crippen LogP contribution in [0.3, 0.4) is 0 Å². The number of imidazole rings is 1. The number of nitrogens with one attached hydrogen (secondary N) is 2. The number of fused-ring (bicyclic) bond motifs is 5. The number of H-pyrrole nitrogens is 1. The lowest BCUT2D eigenvalue weighted by atomic mass is 9.79. The van der Waals surface area contributed by atoms with Gasteiger partial charge in [0.25, 0.3) is 0 Å². The Balaban J connectivity index is 1.24. The summed E-state index contributed by atoms with van der Waals surface area (Å²) in [5.41, 5.74) is 4.05. The molecule has 9 heteroatoms. The van der Waals surface area contributed by atoms with Crippen LogP contribution in [-0.4, -0.2) is 59.0 Å². The maximum absolute atomic E-state index is 13.7. The smallest absolute Gasteiger partial charge is 0.407 e. The first-order chi connectivity index (χ1) is 22.7. The maximum atomic E-state index is 13.7. The van der Waals surface area contributed by atoms with Crippen LogP contribution in [0.15, 0.2) is 36.4 Å². The van der Waals surface area contributed by atoms with Crippen molar-refractivity contribution in [2.24, 2.45) is 23.7 Å². The molecule has 2 bridgehead atoms. The molecule has 9 nitrogen and oxygen atoms in total. The third kappa shape index (κ3) is 7.25. The molecule has 1 aliphatic carbocycles. The molecule has 2 N–H and O–H groups in total. The van der Waals surface area contributed by atoms with E-state index in [-0.39, 0.29) is 23.8 Å². The number of ether oxygens (including phenoxy) is 2. The predicted octanol–water partition coefficient (Wildman–Crippen LogP) is 7.14. The molecule has 1 unspecified atom stereocenters. The summed E-state index contributed by atoms with van der Waals surface area (Å²) in [5, 5.41) is 5.07. The van der Waals surface area contributed by atoms with Crippen molar-refractivity contribution in [3.05, 3.63) is 53.5 Å². The normalized spacial score (nSPS) is 24.4. The van der Waals surface area contributed by atoms with Gasteiger partial charge in [0.1, 0.15) is 17.6 Å². The average Bonchev–Trinajstić information content (AvgIpc) is 3.84. The summed E-state index contributed by atoms with van der Waals surface area (Å²) in [5.74, 6) is 2.19. The van der Waals surface area contributed by atoms with Gasteiger partial charge in [-0.2, -0.15) is 0 Å². The standard InChI is InChI=1S/C38H50N4O5/c1-23(2)24(3)35(43)30-10-7-9-28(30)20-25-13-14-27-21-29(16-15-26(27)19-25)34-32-22-47-18-6-5-11-31(40-38(45)46-4)37(44)42-17-8-12-33(42)36(39-32)41-34/h13-16,19,21,23-24,28,30-31,33H,5-12,17-18,20,22H2,1-4H3,(H,39,41)(H,40,45)/t24-,28-,30?,31-,33-/m0/s1. The molecule has 3 aliphatic rings. The fourth-order valence-electron chi connectivity index (χ4n) is 7.83. The molecule has 0 radical (unpaired) electrons. The van der Waals surface area contributed by atoms with Gasteiger partial charge < -0.3 is 24.7 Å². The van der Waals surface area contributed by atoms with E-state index in [0.29, 0.717) is 43.8 Å². The molecule has 1 aromatic heterocycles. The topological polar surface area (TPSA) is 114 Å². The van der Waals surface area contributed by atoms with Gasteiger partial charge in [0, 0.05) is 30.6 Å². The summed E-state index contributed by atoms with van der Waals surface area (Å²) in [6, 6.07) is 12.3. The number of alkyl carbamates (subject to hydrolysis) is 1. The maximum Gasteiger partial charge on any atom is 0.407 e. The number of aromatic amines is 1. The zero-order valence-corrected chi connectivity index (χ0v) is 28.3. The molecule has 1 saturated carbocycles. The summed E-state index contributed by atoms with van der Waals surface area (Å²) in [6.45, 7) is 7.96. The average molecular weight is 643 g/mol. The summed E-state index contributed by atoms with van der Waals surface area (Å²) in [7, 11) is 1.31. The number of carbonyl (C=O) groups excluding carboxylic acids is 3. The van der Waals surface area contributed by atoms with Crippen molar-refractivity contribution in [2.45, 2.75) is 97.2 Å². The Bertz CT molecular complexity index is 1600. The first-order valence-electron chi connectivity index (χ1n) is 17.6. The predicted molar refractivity (Wildman–Crippen MR) is 182 cm³/mol. The number of aromatic nitrogens is 2. The van der Waals surface area contributed by atoms with Crippen LogP contribution < -0.4 is 5.32 Å². The Labute approximate surface area is 278 Å².